The van der Waals surface area contributed by atoms with Gasteiger partial charge in [-0.1, -0.05) is 18.2 Å². The third kappa shape index (κ3) is 2.64. The van der Waals surface area contributed by atoms with Crippen LogP contribution in [-0.4, -0.2) is 35.1 Å². The highest BCUT2D eigenvalue weighted by Crippen LogP contribution is 2.40. The monoisotopic (exact) mass is 315 g/mol. The molecule has 3 nitrogen and oxygen atoms in total. The van der Waals surface area contributed by atoms with Crippen molar-refractivity contribution in [1.82, 2.24) is 9.47 Å². The Labute approximate surface area is 137 Å². The van der Waals surface area contributed by atoms with Gasteiger partial charge in [-0.15, -0.1) is 0 Å². The number of carbonyl (C=O) groups excluding carboxylic acids is 1. The summed E-state index contributed by atoms with van der Waals surface area (Å²) >= 11 is 0. The smallest absolute Gasteiger partial charge is 0.230 e. The minimum absolute atomic E-state index is 0.100. The minimum Gasteiger partial charge on any atom is -0.343 e. The Kier molecular flexibility index (Phi) is 4.42. The van der Waals surface area contributed by atoms with Crippen LogP contribution in [0.3, 0.4) is 0 Å². The van der Waals surface area contributed by atoms with Crippen LogP contribution in [0.4, 0.5) is 4.39 Å². The van der Waals surface area contributed by atoms with E-state index in [0.717, 1.165) is 41.4 Å². The molecule has 1 amide bonds. The molecule has 23 heavy (non-hydrogen) atoms. The Morgan fingerprint density at radius 3 is 2.83 bits per heavy atom. The van der Waals surface area contributed by atoms with Crippen molar-refractivity contribution in [2.24, 2.45) is 0 Å². The molecule has 1 aliphatic carbocycles. The van der Waals surface area contributed by atoms with Crippen molar-refractivity contribution in [3.63, 3.8) is 0 Å². The van der Waals surface area contributed by atoms with E-state index in [4.69, 9.17) is 0 Å². The van der Waals surface area contributed by atoms with Crippen LogP contribution in [0.25, 0.3) is 10.9 Å². The van der Waals surface area contributed by atoms with Crippen LogP contribution in [0.1, 0.15) is 43.9 Å². The van der Waals surface area contributed by atoms with E-state index < -0.39 is 0 Å². The number of aryl methyl sites for hydroxylation is 1. The van der Waals surface area contributed by atoms with Crippen molar-refractivity contribution < 1.29 is 9.18 Å². The quantitative estimate of drug-likeness (QED) is 0.840. The molecule has 1 unspecified atom stereocenters. The van der Waals surface area contributed by atoms with E-state index in [0.29, 0.717) is 6.54 Å². The average Bonchev–Trinajstić information content (AvgIpc) is 2.88. The van der Waals surface area contributed by atoms with Gasteiger partial charge in [0.1, 0.15) is 6.67 Å². The number of carbonyl (C=O) groups is 1. The summed E-state index contributed by atoms with van der Waals surface area (Å²) in [6, 6.07) is 8.29. The molecule has 0 aliphatic heterocycles. The van der Waals surface area contributed by atoms with Gasteiger partial charge < -0.3 is 9.47 Å². The number of rotatable bonds is 4. The van der Waals surface area contributed by atoms with Crippen molar-refractivity contribution in [1.29, 1.82) is 0 Å². The van der Waals surface area contributed by atoms with Gasteiger partial charge in [0.2, 0.25) is 5.91 Å². The summed E-state index contributed by atoms with van der Waals surface area (Å²) in [6.07, 6.45) is 2.80. The Bertz CT molecular complexity index is 719. The number of nitrogens with zero attached hydrogens (tertiary/aromatic N) is 2. The van der Waals surface area contributed by atoms with Crippen molar-refractivity contribution >= 4 is 16.8 Å². The maximum atomic E-state index is 13.0. The highest BCUT2D eigenvalue weighted by molar-refractivity contribution is 5.94. The predicted molar refractivity (Wildman–Crippen MR) is 91.5 cm³/mol. The van der Waals surface area contributed by atoms with E-state index in [1.54, 1.807) is 0 Å². The molecule has 1 aliphatic rings. The zero-order chi connectivity index (χ0) is 16.6. The maximum absolute atomic E-state index is 13.0. The highest BCUT2D eigenvalue weighted by Gasteiger charge is 2.33. The number of para-hydroxylation sites is 1. The molecule has 0 saturated heterocycles. The van der Waals surface area contributed by atoms with Gasteiger partial charge in [0, 0.05) is 29.7 Å². The number of amides is 1. The third-order valence-corrected chi connectivity index (χ3v) is 5.11. The first-order chi connectivity index (χ1) is 11.1. The molecule has 1 aromatic heterocycles. The van der Waals surface area contributed by atoms with Crippen LogP contribution in [0.5, 0.6) is 0 Å². The standard InChI is InChI=1S/C19H25FN2O/c1-13(2)21(3)19(23)15-8-6-10-17-18(15)14-7-4-5-9-16(14)22(17)12-11-20/h4-5,7,9,13,15H,6,8,10-12H2,1-3H3/i20-1. The number of benzene rings is 1. The number of halogens is 1. The van der Waals surface area contributed by atoms with Crippen LogP contribution in [0.15, 0.2) is 24.3 Å². The summed E-state index contributed by atoms with van der Waals surface area (Å²) in [5.74, 6) is 0.0843. The van der Waals surface area contributed by atoms with Crippen molar-refractivity contribution in [2.45, 2.75) is 51.6 Å². The minimum atomic E-state index is -0.379. The number of hydrogen-bond donors (Lipinski definition) is 0. The topological polar surface area (TPSA) is 25.2 Å². The molecule has 0 bridgehead atoms. The highest BCUT2D eigenvalue weighted by atomic mass is 18.2. The number of fused-ring (bicyclic) bond motifs is 3. The van der Waals surface area contributed by atoms with Crippen LogP contribution < -0.4 is 0 Å². The second-order valence-corrected chi connectivity index (χ2v) is 6.71. The molecule has 3 rings (SSSR count). The number of hydrogen-bond acceptors (Lipinski definition) is 1. The summed E-state index contributed by atoms with van der Waals surface area (Å²) < 4.78 is 15.1. The van der Waals surface area contributed by atoms with E-state index in [2.05, 4.69) is 10.6 Å². The molecule has 0 radical (unpaired) electrons. The Hall–Kier alpha value is -1.84. The van der Waals surface area contributed by atoms with E-state index in [9.17, 15) is 9.18 Å². The van der Waals surface area contributed by atoms with Gasteiger partial charge in [0.25, 0.3) is 0 Å². The zero-order valence-corrected chi connectivity index (χ0v) is 14.2. The Balaban J connectivity index is 2.15. The van der Waals surface area contributed by atoms with Crippen molar-refractivity contribution in [3.8, 4) is 0 Å². The first kappa shape index (κ1) is 16.0. The SMILES string of the molecule is CC(C)N(C)C(=O)C1CCCc2c1c1ccccc1n2CC[18F]. The van der Waals surface area contributed by atoms with E-state index in [-0.39, 0.29) is 24.5 Å². The van der Waals surface area contributed by atoms with Crippen LogP contribution in [-0.2, 0) is 17.8 Å². The second-order valence-electron chi connectivity index (χ2n) is 6.71. The maximum Gasteiger partial charge on any atom is 0.230 e. The second kappa shape index (κ2) is 6.34. The largest absolute Gasteiger partial charge is 0.343 e. The number of alkyl halides is 1. The molecule has 1 heterocycles. The van der Waals surface area contributed by atoms with Crippen LogP contribution in [0.2, 0.25) is 0 Å². The van der Waals surface area contributed by atoms with Gasteiger partial charge in [-0.3, -0.25) is 4.79 Å². The lowest BCUT2D eigenvalue weighted by molar-refractivity contribution is -0.133. The summed E-state index contributed by atoms with van der Waals surface area (Å²) in [5, 5.41) is 1.12. The lowest BCUT2D eigenvalue weighted by Gasteiger charge is -2.30. The van der Waals surface area contributed by atoms with Gasteiger partial charge in [0.15, 0.2) is 0 Å². The summed E-state index contributed by atoms with van der Waals surface area (Å²) in [5.41, 5.74) is 3.35. The fourth-order valence-corrected chi connectivity index (χ4v) is 3.75. The van der Waals surface area contributed by atoms with Crippen LogP contribution >= 0.6 is 0 Å². The molecular weight excluding hydrogens is 290 g/mol. The van der Waals surface area contributed by atoms with E-state index >= 15 is 0 Å². The Morgan fingerprint density at radius 1 is 1.39 bits per heavy atom. The van der Waals surface area contributed by atoms with Gasteiger partial charge in [-0.25, -0.2) is 4.39 Å². The lowest BCUT2D eigenvalue weighted by Crippen LogP contribution is -2.37. The van der Waals surface area contributed by atoms with E-state index in [1.165, 1.54) is 0 Å². The zero-order valence-electron chi connectivity index (χ0n) is 14.2. The summed E-state index contributed by atoms with van der Waals surface area (Å²) in [4.78, 5) is 14.8. The van der Waals surface area contributed by atoms with Crippen LogP contribution in [0, 0.1) is 0 Å². The van der Waals surface area contributed by atoms with Gasteiger partial charge in [-0.2, -0.15) is 0 Å². The number of aromatic nitrogens is 1. The molecule has 0 fully saturated rings. The van der Waals surface area contributed by atoms with Crippen molar-refractivity contribution in [2.75, 3.05) is 13.7 Å². The summed E-state index contributed by atoms with van der Waals surface area (Å²) in [6.45, 7) is 4.06. The lowest BCUT2D eigenvalue weighted by atomic mass is 9.84. The fourth-order valence-electron chi connectivity index (χ4n) is 3.75. The van der Waals surface area contributed by atoms with Gasteiger partial charge >= 0.3 is 0 Å². The summed E-state index contributed by atoms with van der Waals surface area (Å²) in [7, 11) is 1.88. The first-order valence-corrected chi connectivity index (χ1v) is 8.49. The Morgan fingerprint density at radius 2 is 2.13 bits per heavy atom. The average molecular weight is 315 g/mol. The molecule has 0 spiro atoms. The molecule has 0 N–H and O–H groups in total. The third-order valence-electron chi connectivity index (χ3n) is 5.11. The first-order valence-electron chi connectivity index (χ1n) is 8.49. The molecule has 0 saturated carbocycles. The molecule has 4 heteroatoms. The normalized spacial score (nSPS) is 17.5. The van der Waals surface area contributed by atoms with Crippen molar-refractivity contribution in [3.05, 3.63) is 35.5 Å². The van der Waals surface area contributed by atoms with Gasteiger partial charge in [-0.05, 0) is 44.7 Å². The predicted octanol–water partition coefficient (Wildman–Crippen LogP) is 3.90. The number of likely N-dealkylation sites (N-methyl/N-ethyl adjacent to an activating group) is 1. The molecule has 124 valence electrons. The molecule has 2 aromatic rings. The van der Waals surface area contributed by atoms with E-state index in [1.807, 2.05) is 44.0 Å². The molecular formula is C19H25FN2O. The molecule has 1 aromatic carbocycles. The molecule has 1 atom stereocenters. The fraction of sp³-hybridized carbons (Fsp3) is 0.526. The van der Waals surface area contributed by atoms with Gasteiger partial charge in [0.05, 0.1) is 12.5 Å².